The first-order valence-corrected chi connectivity index (χ1v) is 5.17. The third-order valence-electron chi connectivity index (χ3n) is 2.51. The number of carbonyl (C=O) groups is 1. The van der Waals surface area contributed by atoms with E-state index in [1.807, 2.05) is 25.3 Å². The molecule has 0 aliphatic heterocycles. The summed E-state index contributed by atoms with van der Waals surface area (Å²) in [6.07, 6.45) is 2.50. The fourth-order valence-corrected chi connectivity index (χ4v) is 1.49. The second kappa shape index (κ2) is 5.56. The Balaban J connectivity index is 2.53. The molecule has 1 unspecified atom stereocenters. The van der Waals surface area contributed by atoms with Crippen LogP contribution in [0.1, 0.15) is 19.0 Å². The summed E-state index contributed by atoms with van der Waals surface area (Å²) < 4.78 is 0. The van der Waals surface area contributed by atoms with Crippen molar-refractivity contribution in [2.24, 2.45) is 5.92 Å². The number of amides is 1. The lowest BCUT2D eigenvalue weighted by Crippen LogP contribution is -2.34. The Kier molecular flexibility index (Phi) is 4.37. The molecule has 1 heterocycles. The highest BCUT2D eigenvalue weighted by atomic mass is 16.3. The standard InChI is InChI=1S/C11H18N2O2/c1-3-9(8-14)11(15)13(2)7-10-5-4-6-12-10/h4-6,9,12,14H,3,7-8H2,1-2H3. The number of aromatic amines is 1. The molecule has 15 heavy (non-hydrogen) atoms. The first-order valence-electron chi connectivity index (χ1n) is 5.17. The summed E-state index contributed by atoms with van der Waals surface area (Å²) in [5, 5.41) is 9.02. The second-order valence-electron chi connectivity index (χ2n) is 3.68. The van der Waals surface area contributed by atoms with Gasteiger partial charge in [-0.05, 0) is 18.6 Å². The summed E-state index contributed by atoms with van der Waals surface area (Å²) >= 11 is 0. The highest BCUT2D eigenvalue weighted by molar-refractivity contribution is 5.78. The zero-order valence-electron chi connectivity index (χ0n) is 9.23. The Morgan fingerprint density at radius 1 is 1.67 bits per heavy atom. The third-order valence-corrected chi connectivity index (χ3v) is 2.51. The lowest BCUT2D eigenvalue weighted by molar-refractivity contribution is -0.136. The van der Waals surface area contributed by atoms with Crippen LogP contribution in [0.2, 0.25) is 0 Å². The fourth-order valence-electron chi connectivity index (χ4n) is 1.49. The molecule has 1 atom stereocenters. The van der Waals surface area contributed by atoms with Crippen LogP contribution in [0.15, 0.2) is 18.3 Å². The molecule has 1 aromatic rings. The van der Waals surface area contributed by atoms with Gasteiger partial charge >= 0.3 is 0 Å². The van der Waals surface area contributed by atoms with Gasteiger partial charge in [0, 0.05) is 18.9 Å². The third kappa shape index (κ3) is 3.09. The fraction of sp³-hybridized carbons (Fsp3) is 0.545. The van der Waals surface area contributed by atoms with Crippen molar-refractivity contribution in [1.82, 2.24) is 9.88 Å². The minimum atomic E-state index is -0.273. The van der Waals surface area contributed by atoms with Crippen molar-refractivity contribution >= 4 is 5.91 Å². The van der Waals surface area contributed by atoms with E-state index < -0.39 is 0 Å². The molecule has 0 aliphatic rings. The molecule has 4 heteroatoms. The van der Waals surface area contributed by atoms with Gasteiger partial charge in [-0.3, -0.25) is 4.79 Å². The van der Waals surface area contributed by atoms with Gasteiger partial charge < -0.3 is 15.0 Å². The van der Waals surface area contributed by atoms with Gasteiger partial charge in [-0.15, -0.1) is 0 Å². The van der Waals surface area contributed by atoms with E-state index in [2.05, 4.69) is 4.98 Å². The van der Waals surface area contributed by atoms with E-state index in [9.17, 15) is 4.79 Å². The largest absolute Gasteiger partial charge is 0.396 e. The van der Waals surface area contributed by atoms with Gasteiger partial charge in [0.05, 0.1) is 19.1 Å². The predicted octanol–water partition coefficient (Wildman–Crippen LogP) is 0.992. The van der Waals surface area contributed by atoms with E-state index >= 15 is 0 Å². The van der Waals surface area contributed by atoms with Crippen molar-refractivity contribution in [3.63, 3.8) is 0 Å². The Bertz CT molecular complexity index is 292. The average Bonchev–Trinajstić information content (AvgIpc) is 2.72. The predicted molar refractivity (Wildman–Crippen MR) is 58.1 cm³/mol. The van der Waals surface area contributed by atoms with Crippen LogP contribution in [0.3, 0.4) is 0 Å². The lowest BCUT2D eigenvalue weighted by Gasteiger charge is -2.21. The van der Waals surface area contributed by atoms with Gasteiger partial charge in [0.15, 0.2) is 0 Å². The molecule has 4 nitrogen and oxygen atoms in total. The van der Waals surface area contributed by atoms with Crippen molar-refractivity contribution in [1.29, 1.82) is 0 Å². The van der Waals surface area contributed by atoms with E-state index in [1.165, 1.54) is 0 Å². The molecule has 0 radical (unpaired) electrons. The number of rotatable bonds is 5. The molecule has 1 rings (SSSR count). The summed E-state index contributed by atoms with van der Waals surface area (Å²) in [6.45, 7) is 2.38. The average molecular weight is 210 g/mol. The first kappa shape index (κ1) is 11.8. The SMILES string of the molecule is CCC(CO)C(=O)N(C)Cc1ccc[nH]1. The van der Waals surface area contributed by atoms with Gasteiger partial charge in [-0.1, -0.05) is 6.92 Å². The monoisotopic (exact) mass is 210 g/mol. The Labute approximate surface area is 89.9 Å². The minimum absolute atomic E-state index is 0.00500. The van der Waals surface area contributed by atoms with E-state index in [-0.39, 0.29) is 18.4 Å². The summed E-state index contributed by atoms with van der Waals surface area (Å²) in [6, 6.07) is 3.83. The molecule has 0 spiro atoms. The molecule has 2 N–H and O–H groups in total. The van der Waals surface area contributed by atoms with Crippen LogP contribution in [0.5, 0.6) is 0 Å². The lowest BCUT2D eigenvalue weighted by atomic mass is 10.1. The van der Waals surface area contributed by atoms with Crippen LogP contribution in [0, 0.1) is 5.92 Å². The highest BCUT2D eigenvalue weighted by Gasteiger charge is 2.19. The van der Waals surface area contributed by atoms with Gasteiger partial charge in [0.2, 0.25) is 5.91 Å². The van der Waals surface area contributed by atoms with Crippen molar-refractivity contribution < 1.29 is 9.90 Å². The quantitative estimate of drug-likeness (QED) is 0.761. The summed E-state index contributed by atoms with van der Waals surface area (Å²) in [4.78, 5) is 16.5. The number of H-pyrrole nitrogens is 1. The molecule has 0 saturated carbocycles. The number of hydrogen-bond acceptors (Lipinski definition) is 2. The normalized spacial score (nSPS) is 12.5. The second-order valence-corrected chi connectivity index (χ2v) is 3.68. The van der Waals surface area contributed by atoms with Crippen molar-refractivity contribution in [2.45, 2.75) is 19.9 Å². The van der Waals surface area contributed by atoms with Crippen LogP contribution >= 0.6 is 0 Å². The number of hydrogen-bond donors (Lipinski definition) is 2. The molecular weight excluding hydrogens is 192 g/mol. The zero-order valence-corrected chi connectivity index (χ0v) is 9.23. The topological polar surface area (TPSA) is 56.3 Å². The Hall–Kier alpha value is -1.29. The van der Waals surface area contributed by atoms with Gasteiger partial charge in [-0.2, -0.15) is 0 Å². The molecule has 0 aromatic carbocycles. The van der Waals surface area contributed by atoms with Crippen LogP contribution in [-0.2, 0) is 11.3 Å². The van der Waals surface area contributed by atoms with E-state index in [0.29, 0.717) is 13.0 Å². The van der Waals surface area contributed by atoms with Crippen LogP contribution in [0.25, 0.3) is 0 Å². The molecule has 0 aliphatic carbocycles. The van der Waals surface area contributed by atoms with Crippen LogP contribution in [-0.4, -0.2) is 34.6 Å². The summed E-state index contributed by atoms with van der Waals surface area (Å²) in [5.74, 6) is -0.278. The van der Waals surface area contributed by atoms with Crippen LogP contribution in [0.4, 0.5) is 0 Å². The van der Waals surface area contributed by atoms with Crippen molar-refractivity contribution in [2.75, 3.05) is 13.7 Å². The maximum atomic E-state index is 11.8. The summed E-state index contributed by atoms with van der Waals surface area (Å²) in [5.41, 5.74) is 0.999. The van der Waals surface area contributed by atoms with Crippen LogP contribution < -0.4 is 0 Å². The van der Waals surface area contributed by atoms with Gasteiger partial charge in [0.25, 0.3) is 0 Å². The molecule has 1 amide bonds. The van der Waals surface area contributed by atoms with Crippen molar-refractivity contribution in [3.8, 4) is 0 Å². The number of nitrogens with zero attached hydrogens (tertiary/aromatic N) is 1. The molecule has 0 saturated heterocycles. The Morgan fingerprint density at radius 3 is 2.87 bits per heavy atom. The number of aromatic nitrogens is 1. The molecule has 84 valence electrons. The summed E-state index contributed by atoms with van der Waals surface area (Å²) in [7, 11) is 1.75. The van der Waals surface area contributed by atoms with E-state index in [0.717, 1.165) is 5.69 Å². The number of aliphatic hydroxyl groups is 1. The minimum Gasteiger partial charge on any atom is -0.396 e. The maximum Gasteiger partial charge on any atom is 0.228 e. The van der Waals surface area contributed by atoms with E-state index in [1.54, 1.807) is 11.9 Å². The van der Waals surface area contributed by atoms with Gasteiger partial charge in [-0.25, -0.2) is 0 Å². The number of carbonyl (C=O) groups excluding carboxylic acids is 1. The first-order chi connectivity index (χ1) is 7.19. The number of aliphatic hydroxyl groups excluding tert-OH is 1. The zero-order chi connectivity index (χ0) is 11.3. The van der Waals surface area contributed by atoms with Gasteiger partial charge in [0.1, 0.15) is 0 Å². The maximum absolute atomic E-state index is 11.8. The molecule has 1 aromatic heterocycles. The Morgan fingerprint density at radius 2 is 2.40 bits per heavy atom. The molecule has 0 bridgehead atoms. The highest BCUT2D eigenvalue weighted by Crippen LogP contribution is 2.08. The smallest absolute Gasteiger partial charge is 0.228 e. The van der Waals surface area contributed by atoms with E-state index in [4.69, 9.17) is 5.11 Å². The molecule has 0 fully saturated rings. The molecular formula is C11H18N2O2. The number of nitrogens with one attached hydrogen (secondary N) is 1. The van der Waals surface area contributed by atoms with Crippen molar-refractivity contribution in [3.05, 3.63) is 24.0 Å².